The standard InChI is InChI=1S/C16H15FO4S/c1-11-9-13(17)5-8-16(11)21-10-15(18)12-3-6-14(7-4-12)22(2,19)20/h3-9H,10H2,1-2H3. The molecular formula is C16H15FO4S. The van der Waals surface area contributed by atoms with E-state index in [4.69, 9.17) is 4.74 Å². The number of aryl methyl sites for hydroxylation is 1. The molecule has 0 heterocycles. The predicted molar refractivity (Wildman–Crippen MR) is 80.5 cm³/mol. The Balaban J connectivity index is 2.06. The van der Waals surface area contributed by atoms with Gasteiger partial charge in [0.2, 0.25) is 0 Å². The van der Waals surface area contributed by atoms with Crippen LogP contribution in [0.15, 0.2) is 47.4 Å². The topological polar surface area (TPSA) is 60.4 Å². The molecule has 6 heteroatoms. The first-order chi connectivity index (χ1) is 10.3. The maximum atomic E-state index is 13.0. The first-order valence-corrected chi connectivity index (χ1v) is 8.39. The highest BCUT2D eigenvalue weighted by atomic mass is 32.2. The third-order valence-corrected chi connectivity index (χ3v) is 4.23. The molecule has 0 bridgehead atoms. The van der Waals surface area contributed by atoms with Gasteiger partial charge in [0.25, 0.3) is 0 Å². The summed E-state index contributed by atoms with van der Waals surface area (Å²) in [6, 6.07) is 9.69. The monoisotopic (exact) mass is 322 g/mol. The molecule has 0 atom stereocenters. The van der Waals surface area contributed by atoms with Gasteiger partial charge >= 0.3 is 0 Å². The third-order valence-electron chi connectivity index (χ3n) is 3.10. The van der Waals surface area contributed by atoms with E-state index in [1.165, 1.54) is 42.5 Å². The molecule has 0 fully saturated rings. The number of sulfone groups is 1. The first kappa shape index (κ1) is 16.2. The van der Waals surface area contributed by atoms with E-state index in [0.29, 0.717) is 16.9 Å². The Hall–Kier alpha value is -2.21. The Kier molecular flexibility index (Phi) is 4.61. The lowest BCUT2D eigenvalue weighted by Gasteiger charge is -2.08. The molecule has 2 rings (SSSR count). The van der Waals surface area contributed by atoms with Crippen LogP contribution in [0.5, 0.6) is 5.75 Å². The normalized spacial score (nSPS) is 11.2. The molecule has 116 valence electrons. The second-order valence-electron chi connectivity index (χ2n) is 4.92. The van der Waals surface area contributed by atoms with E-state index in [2.05, 4.69) is 0 Å². The van der Waals surface area contributed by atoms with E-state index in [9.17, 15) is 17.6 Å². The summed E-state index contributed by atoms with van der Waals surface area (Å²) in [7, 11) is -3.29. The molecule has 0 radical (unpaired) electrons. The van der Waals surface area contributed by atoms with Crippen LogP contribution < -0.4 is 4.74 Å². The van der Waals surface area contributed by atoms with E-state index in [0.717, 1.165) is 6.26 Å². The summed E-state index contributed by atoms with van der Waals surface area (Å²) in [5.41, 5.74) is 0.951. The minimum atomic E-state index is -3.29. The van der Waals surface area contributed by atoms with Gasteiger partial charge in [-0.2, -0.15) is 0 Å². The van der Waals surface area contributed by atoms with Crippen LogP contribution in [0, 0.1) is 12.7 Å². The molecule has 2 aromatic rings. The van der Waals surface area contributed by atoms with Crippen molar-refractivity contribution in [1.29, 1.82) is 0 Å². The molecule has 0 spiro atoms. The molecule has 0 aromatic heterocycles. The molecular weight excluding hydrogens is 307 g/mol. The number of Topliss-reactive ketones (excluding diaryl/α,β-unsaturated/α-hetero) is 1. The Morgan fingerprint density at radius 2 is 1.77 bits per heavy atom. The zero-order valence-electron chi connectivity index (χ0n) is 12.2. The summed E-state index contributed by atoms with van der Waals surface area (Å²) < 4.78 is 41.0. The van der Waals surface area contributed by atoms with Crippen LogP contribution in [0.25, 0.3) is 0 Å². The summed E-state index contributed by atoms with van der Waals surface area (Å²) in [4.78, 5) is 12.2. The fraction of sp³-hybridized carbons (Fsp3) is 0.188. The second-order valence-corrected chi connectivity index (χ2v) is 6.93. The van der Waals surface area contributed by atoms with E-state index >= 15 is 0 Å². The largest absolute Gasteiger partial charge is 0.485 e. The smallest absolute Gasteiger partial charge is 0.200 e. The van der Waals surface area contributed by atoms with Crippen LogP contribution in [0.2, 0.25) is 0 Å². The highest BCUT2D eigenvalue weighted by molar-refractivity contribution is 7.90. The van der Waals surface area contributed by atoms with E-state index in [-0.39, 0.29) is 23.1 Å². The number of ether oxygens (including phenoxy) is 1. The van der Waals surface area contributed by atoms with Crippen molar-refractivity contribution in [2.24, 2.45) is 0 Å². The fourth-order valence-corrected chi connectivity index (χ4v) is 2.52. The first-order valence-electron chi connectivity index (χ1n) is 6.49. The number of carbonyl (C=O) groups excluding carboxylic acids is 1. The summed E-state index contributed by atoms with van der Waals surface area (Å²) in [6.45, 7) is 1.48. The molecule has 4 nitrogen and oxygen atoms in total. The number of carbonyl (C=O) groups is 1. The number of hydrogen-bond acceptors (Lipinski definition) is 4. The summed E-state index contributed by atoms with van der Waals surface area (Å²) >= 11 is 0. The number of ketones is 1. The van der Waals surface area contributed by atoms with Crippen molar-refractivity contribution in [1.82, 2.24) is 0 Å². The molecule has 2 aromatic carbocycles. The quantitative estimate of drug-likeness (QED) is 0.794. The maximum absolute atomic E-state index is 13.0. The zero-order chi connectivity index (χ0) is 16.3. The van der Waals surface area contributed by atoms with Crippen LogP contribution in [-0.2, 0) is 9.84 Å². The molecule has 0 saturated heterocycles. The summed E-state index contributed by atoms with van der Waals surface area (Å²) in [5, 5.41) is 0. The van der Waals surface area contributed by atoms with Gasteiger partial charge in [0.1, 0.15) is 11.6 Å². The van der Waals surface area contributed by atoms with Crippen LogP contribution in [0.1, 0.15) is 15.9 Å². The van der Waals surface area contributed by atoms with Crippen molar-refractivity contribution in [2.75, 3.05) is 12.9 Å². The highest BCUT2D eigenvalue weighted by Crippen LogP contribution is 2.19. The lowest BCUT2D eigenvalue weighted by atomic mass is 10.1. The fourth-order valence-electron chi connectivity index (χ4n) is 1.89. The van der Waals surface area contributed by atoms with Gasteiger partial charge in [-0.15, -0.1) is 0 Å². The molecule has 0 N–H and O–H groups in total. The van der Waals surface area contributed by atoms with Crippen molar-refractivity contribution in [3.63, 3.8) is 0 Å². The van der Waals surface area contributed by atoms with Crippen LogP contribution in [-0.4, -0.2) is 27.1 Å². The summed E-state index contributed by atoms with van der Waals surface area (Å²) in [6.07, 6.45) is 1.10. The highest BCUT2D eigenvalue weighted by Gasteiger charge is 2.11. The number of halogens is 1. The molecule has 0 unspecified atom stereocenters. The van der Waals surface area contributed by atoms with Crippen molar-refractivity contribution in [3.8, 4) is 5.75 Å². The predicted octanol–water partition coefficient (Wildman–Crippen LogP) is 2.80. The van der Waals surface area contributed by atoms with Crippen LogP contribution >= 0.6 is 0 Å². The SMILES string of the molecule is Cc1cc(F)ccc1OCC(=O)c1ccc(S(C)(=O)=O)cc1. The second kappa shape index (κ2) is 6.27. The average Bonchev–Trinajstić information content (AvgIpc) is 2.45. The van der Waals surface area contributed by atoms with Gasteiger partial charge in [0.15, 0.2) is 22.2 Å². The number of benzene rings is 2. The van der Waals surface area contributed by atoms with Gasteiger partial charge in [0, 0.05) is 11.8 Å². The van der Waals surface area contributed by atoms with Crippen molar-refractivity contribution in [2.45, 2.75) is 11.8 Å². The average molecular weight is 322 g/mol. The Bertz CT molecular complexity index is 795. The van der Waals surface area contributed by atoms with Gasteiger partial charge in [-0.3, -0.25) is 4.79 Å². The molecule has 0 amide bonds. The molecule has 0 saturated carbocycles. The summed E-state index contributed by atoms with van der Waals surface area (Å²) in [5.74, 6) is -0.223. The third kappa shape index (κ3) is 3.92. The van der Waals surface area contributed by atoms with E-state index < -0.39 is 9.84 Å². The van der Waals surface area contributed by atoms with Crippen molar-refractivity contribution in [3.05, 3.63) is 59.4 Å². The van der Waals surface area contributed by atoms with E-state index in [1.807, 2.05) is 0 Å². The van der Waals surface area contributed by atoms with Crippen LogP contribution in [0.3, 0.4) is 0 Å². The van der Waals surface area contributed by atoms with Gasteiger partial charge < -0.3 is 4.74 Å². The Morgan fingerprint density at radius 3 is 2.32 bits per heavy atom. The van der Waals surface area contributed by atoms with Crippen LogP contribution in [0.4, 0.5) is 4.39 Å². The van der Waals surface area contributed by atoms with Gasteiger partial charge in [0.05, 0.1) is 4.90 Å². The van der Waals surface area contributed by atoms with Gasteiger partial charge in [-0.05, 0) is 55.0 Å². The molecule has 22 heavy (non-hydrogen) atoms. The molecule has 0 aliphatic heterocycles. The van der Waals surface area contributed by atoms with Gasteiger partial charge in [-0.25, -0.2) is 12.8 Å². The number of rotatable bonds is 5. The lowest BCUT2D eigenvalue weighted by molar-refractivity contribution is 0.0921. The Labute approximate surface area is 128 Å². The van der Waals surface area contributed by atoms with E-state index in [1.54, 1.807) is 6.92 Å². The molecule has 0 aliphatic rings. The van der Waals surface area contributed by atoms with Gasteiger partial charge in [-0.1, -0.05) is 0 Å². The van der Waals surface area contributed by atoms with Crippen molar-refractivity contribution < 1.29 is 22.3 Å². The minimum absolute atomic E-state index is 0.152. The Morgan fingerprint density at radius 1 is 1.14 bits per heavy atom. The maximum Gasteiger partial charge on any atom is 0.200 e. The van der Waals surface area contributed by atoms with Crippen molar-refractivity contribution >= 4 is 15.6 Å². The minimum Gasteiger partial charge on any atom is -0.485 e. The zero-order valence-corrected chi connectivity index (χ0v) is 13.0. The molecule has 0 aliphatic carbocycles. The number of hydrogen-bond donors (Lipinski definition) is 0. The lowest BCUT2D eigenvalue weighted by Crippen LogP contribution is -2.12.